The van der Waals surface area contributed by atoms with Crippen LogP contribution in [0.15, 0.2) is 30.6 Å². The maximum atomic E-state index is 13.3. The van der Waals surface area contributed by atoms with Crippen LogP contribution in [0, 0.1) is 5.82 Å². The molecule has 0 amide bonds. The Hall–Kier alpha value is -2.37. The summed E-state index contributed by atoms with van der Waals surface area (Å²) in [7, 11) is 1.77. The van der Waals surface area contributed by atoms with E-state index in [1.807, 2.05) is 0 Å². The van der Waals surface area contributed by atoms with Gasteiger partial charge in [-0.1, -0.05) is 0 Å². The smallest absolute Gasteiger partial charge is 0.335 e. The number of benzene rings is 1. The van der Waals surface area contributed by atoms with Crippen molar-refractivity contribution >= 4 is 11.7 Å². The van der Waals surface area contributed by atoms with Crippen molar-refractivity contribution in [2.45, 2.75) is 6.54 Å². The van der Waals surface area contributed by atoms with Gasteiger partial charge in [-0.05, 0) is 23.8 Å². The quantitative estimate of drug-likeness (QED) is 0.867. The van der Waals surface area contributed by atoms with E-state index < -0.39 is 11.8 Å². The van der Waals surface area contributed by atoms with Crippen LogP contribution in [0.2, 0.25) is 0 Å². The van der Waals surface area contributed by atoms with Gasteiger partial charge in [-0.25, -0.2) is 9.18 Å². The Morgan fingerprint density at radius 1 is 1.50 bits per heavy atom. The first-order valence-corrected chi connectivity index (χ1v) is 5.31. The monoisotopic (exact) mass is 249 g/mol. The highest BCUT2D eigenvalue weighted by molar-refractivity contribution is 5.87. The van der Waals surface area contributed by atoms with Crippen molar-refractivity contribution in [1.29, 1.82) is 0 Å². The van der Waals surface area contributed by atoms with E-state index >= 15 is 0 Å². The van der Waals surface area contributed by atoms with Gasteiger partial charge < -0.3 is 10.4 Å². The van der Waals surface area contributed by atoms with Gasteiger partial charge in [0.15, 0.2) is 0 Å². The summed E-state index contributed by atoms with van der Waals surface area (Å²) in [5.41, 5.74) is 1.33. The molecule has 2 N–H and O–H groups in total. The molecule has 0 saturated heterocycles. The molecule has 1 aromatic carbocycles. The number of nitrogens with zero attached hydrogens (tertiary/aromatic N) is 2. The molecule has 0 bridgehead atoms. The molecular formula is C12H12FN3O2. The number of hydrogen-bond acceptors (Lipinski definition) is 3. The molecule has 94 valence electrons. The summed E-state index contributed by atoms with van der Waals surface area (Å²) < 4.78 is 14.9. The van der Waals surface area contributed by atoms with Crippen LogP contribution >= 0.6 is 0 Å². The van der Waals surface area contributed by atoms with Crippen LogP contribution in [0.25, 0.3) is 0 Å². The van der Waals surface area contributed by atoms with Crippen molar-refractivity contribution in [2.75, 3.05) is 12.4 Å². The number of carboxylic acids is 1. The van der Waals surface area contributed by atoms with Crippen LogP contribution in [-0.2, 0) is 6.54 Å². The SMILES string of the molecule is CNc1cnn(Cc2cc(F)cc(C(=O)O)c2)c1. The van der Waals surface area contributed by atoms with Gasteiger partial charge in [-0.15, -0.1) is 0 Å². The number of aromatic nitrogens is 2. The summed E-state index contributed by atoms with van der Waals surface area (Å²) in [5.74, 6) is -1.71. The largest absolute Gasteiger partial charge is 0.478 e. The standard InChI is InChI=1S/C12H12FN3O2/c1-14-11-5-15-16(7-11)6-8-2-9(12(17)18)4-10(13)3-8/h2-5,7,14H,6H2,1H3,(H,17,18). The summed E-state index contributed by atoms with van der Waals surface area (Å²) in [6.45, 7) is 0.319. The molecule has 0 spiro atoms. The molecule has 0 aliphatic rings. The predicted octanol–water partition coefficient (Wildman–Crippen LogP) is 1.81. The van der Waals surface area contributed by atoms with Gasteiger partial charge in [0, 0.05) is 13.2 Å². The lowest BCUT2D eigenvalue weighted by atomic mass is 10.1. The van der Waals surface area contributed by atoms with Crippen LogP contribution < -0.4 is 5.32 Å². The lowest BCUT2D eigenvalue weighted by molar-refractivity contribution is 0.0696. The first-order chi connectivity index (χ1) is 8.58. The number of halogens is 1. The topological polar surface area (TPSA) is 67.2 Å². The lowest BCUT2D eigenvalue weighted by Crippen LogP contribution is -2.04. The van der Waals surface area contributed by atoms with Crippen molar-refractivity contribution < 1.29 is 14.3 Å². The molecule has 1 heterocycles. The van der Waals surface area contributed by atoms with E-state index in [1.165, 1.54) is 12.1 Å². The molecule has 0 fully saturated rings. The third-order valence-corrected chi connectivity index (χ3v) is 2.47. The molecule has 6 heteroatoms. The van der Waals surface area contributed by atoms with E-state index in [0.29, 0.717) is 12.1 Å². The molecule has 18 heavy (non-hydrogen) atoms. The Kier molecular flexibility index (Phi) is 3.27. The zero-order chi connectivity index (χ0) is 13.1. The first-order valence-electron chi connectivity index (χ1n) is 5.31. The van der Waals surface area contributed by atoms with E-state index in [-0.39, 0.29) is 5.56 Å². The van der Waals surface area contributed by atoms with Crippen LogP contribution in [0.3, 0.4) is 0 Å². The second-order valence-electron chi connectivity index (χ2n) is 3.83. The van der Waals surface area contributed by atoms with E-state index in [1.54, 1.807) is 24.1 Å². The first kappa shape index (κ1) is 12.1. The second kappa shape index (κ2) is 4.87. The molecule has 2 rings (SSSR count). The minimum absolute atomic E-state index is 0.0639. The molecule has 1 aromatic heterocycles. The molecule has 0 saturated carbocycles. The maximum absolute atomic E-state index is 13.3. The number of anilines is 1. The second-order valence-corrected chi connectivity index (χ2v) is 3.83. The normalized spacial score (nSPS) is 10.3. The summed E-state index contributed by atoms with van der Waals surface area (Å²) in [4.78, 5) is 10.8. The predicted molar refractivity (Wildman–Crippen MR) is 64.2 cm³/mol. The van der Waals surface area contributed by atoms with Crippen molar-refractivity contribution in [3.05, 3.63) is 47.5 Å². The minimum Gasteiger partial charge on any atom is -0.478 e. The summed E-state index contributed by atoms with van der Waals surface area (Å²) in [6.07, 6.45) is 3.39. The van der Waals surface area contributed by atoms with Crippen molar-refractivity contribution in [1.82, 2.24) is 9.78 Å². The Balaban J connectivity index is 2.25. The average Bonchev–Trinajstić information content (AvgIpc) is 2.76. The van der Waals surface area contributed by atoms with Crippen molar-refractivity contribution in [3.63, 3.8) is 0 Å². The number of aromatic carboxylic acids is 1. The van der Waals surface area contributed by atoms with Gasteiger partial charge in [0.25, 0.3) is 0 Å². The van der Waals surface area contributed by atoms with Gasteiger partial charge >= 0.3 is 5.97 Å². The molecule has 0 unspecified atom stereocenters. The number of nitrogens with one attached hydrogen (secondary N) is 1. The Morgan fingerprint density at radius 2 is 2.28 bits per heavy atom. The average molecular weight is 249 g/mol. The van der Waals surface area contributed by atoms with E-state index in [0.717, 1.165) is 11.8 Å². The van der Waals surface area contributed by atoms with Gasteiger partial charge in [0.2, 0.25) is 0 Å². The Bertz CT molecular complexity index is 580. The van der Waals surface area contributed by atoms with E-state index in [9.17, 15) is 9.18 Å². The third kappa shape index (κ3) is 2.65. The van der Waals surface area contributed by atoms with E-state index in [4.69, 9.17) is 5.11 Å². The number of rotatable bonds is 4. The lowest BCUT2D eigenvalue weighted by Gasteiger charge is -2.04. The fourth-order valence-electron chi connectivity index (χ4n) is 1.63. The fraction of sp³-hybridized carbons (Fsp3) is 0.167. The summed E-state index contributed by atoms with van der Waals surface area (Å²) in [5, 5.41) is 15.8. The third-order valence-electron chi connectivity index (χ3n) is 2.47. The van der Waals surface area contributed by atoms with Crippen LogP contribution in [0.1, 0.15) is 15.9 Å². The zero-order valence-corrected chi connectivity index (χ0v) is 9.72. The number of carboxylic acid groups (broad SMARTS) is 1. The number of carbonyl (C=O) groups is 1. The molecule has 0 aliphatic carbocycles. The van der Waals surface area contributed by atoms with Crippen molar-refractivity contribution in [2.24, 2.45) is 0 Å². The van der Waals surface area contributed by atoms with Gasteiger partial charge in [-0.3, -0.25) is 4.68 Å². The zero-order valence-electron chi connectivity index (χ0n) is 9.72. The van der Waals surface area contributed by atoms with Crippen LogP contribution in [-0.4, -0.2) is 27.9 Å². The highest BCUT2D eigenvalue weighted by Crippen LogP contribution is 2.12. The highest BCUT2D eigenvalue weighted by Gasteiger charge is 2.08. The molecule has 5 nitrogen and oxygen atoms in total. The van der Waals surface area contributed by atoms with Gasteiger partial charge in [0.1, 0.15) is 5.82 Å². The molecule has 0 aliphatic heterocycles. The minimum atomic E-state index is -1.15. The Morgan fingerprint density at radius 3 is 2.89 bits per heavy atom. The van der Waals surface area contributed by atoms with Crippen LogP contribution in [0.5, 0.6) is 0 Å². The summed E-state index contributed by atoms with van der Waals surface area (Å²) >= 11 is 0. The summed E-state index contributed by atoms with van der Waals surface area (Å²) in [6, 6.07) is 3.73. The molecule has 0 atom stereocenters. The van der Waals surface area contributed by atoms with Crippen molar-refractivity contribution in [3.8, 4) is 0 Å². The van der Waals surface area contributed by atoms with Crippen LogP contribution in [0.4, 0.5) is 10.1 Å². The van der Waals surface area contributed by atoms with Gasteiger partial charge in [-0.2, -0.15) is 5.10 Å². The van der Waals surface area contributed by atoms with Gasteiger partial charge in [0.05, 0.1) is 24.0 Å². The molecule has 2 aromatic rings. The molecule has 0 radical (unpaired) electrons. The number of hydrogen-bond donors (Lipinski definition) is 2. The Labute approximate surface area is 103 Å². The van der Waals surface area contributed by atoms with E-state index in [2.05, 4.69) is 10.4 Å². The molecular weight excluding hydrogens is 237 g/mol. The highest BCUT2D eigenvalue weighted by atomic mass is 19.1. The fourth-order valence-corrected chi connectivity index (χ4v) is 1.63. The maximum Gasteiger partial charge on any atom is 0.335 e.